The molecule has 3 heterocycles. The number of piperidine rings is 2. The Hall–Kier alpha value is -3.19. The van der Waals surface area contributed by atoms with Gasteiger partial charge in [-0.05, 0) is 73.8 Å². The Labute approximate surface area is 242 Å². The Morgan fingerprint density at radius 3 is 2.49 bits per heavy atom. The molecule has 1 saturated carbocycles. The molecule has 2 saturated heterocycles. The lowest BCUT2D eigenvalue weighted by atomic mass is 9.66. The van der Waals surface area contributed by atoms with Crippen LogP contribution in [0.1, 0.15) is 70.3 Å². The zero-order chi connectivity index (χ0) is 28.6. The molecule has 7 nitrogen and oxygen atoms in total. The molecule has 0 bridgehead atoms. The van der Waals surface area contributed by atoms with E-state index in [4.69, 9.17) is 9.47 Å². The van der Waals surface area contributed by atoms with Crippen molar-refractivity contribution in [3.63, 3.8) is 0 Å². The summed E-state index contributed by atoms with van der Waals surface area (Å²) in [6.07, 6.45) is 9.32. The zero-order valence-corrected chi connectivity index (χ0v) is 24.3. The summed E-state index contributed by atoms with van der Waals surface area (Å²) in [5, 5.41) is 2.18. The summed E-state index contributed by atoms with van der Waals surface area (Å²) >= 11 is 0. The number of fused-ring (bicyclic) bond motifs is 2. The van der Waals surface area contributed by atoms with Gasteiger partial charge in [0.05, 0.1) is 25.9 Å². The molecule has 4 aliphatic rings. The fourth-order valence-corrected chi connectivity index (χ4v) is 7.80. The number of carbonyl (C=O) groups excluding carboxylic acids is 3. The van der Waals surface area contributed by atoms with Crippen LogP contribution in [0.3, 0.4) is 0 Å². The third-order valence-electron chi connectivity index (χ3n) is 10.1. The van der Waals surface area contributed by atoms with E-state index in [0.717, 1.165) is 61.5 Å². The van der Waals surface area contributed by atoms with Crippen LogP contribution in [0.5, 0.6) is 0 Å². The minimum Gasteiger partial charge on any atom is -0.468 e. The number of rotatable bonds is 6. The van der Waals surface area contributed by atoms with Gasteiger partial charge >= 0.3 is 5.97 Å². The van der Waals surface area contributed by atoms with Gasteiger partial charge in [0.25, 0.3) is 0 Å². The van der Waals surface area contributed by atoms with E-state index in [1.165, 1.54) is 20.0 Å². The number of benzene rings is 2. The molecule has 2 amide bonds. The number of likely N-dealkylation sites (tertiary alicyclic amines) is 2. The van der Waals surface area contributed by atoms with Crippen molar-refractivity contribution in [1.29, 1.82) is 0 Å². The second kappa shape index (κ2) is 11.6. The summed E-state index contributed by atoms with van der Waals surface area (Å²) in [4.78, 5) is 45.4. The summed E-state index contributed by atoms with van der Waals surface area (Å²) in [5.41, 5.74) is 0.546. The van der Waals surface area contributed by atoms with Gasteiger partial charge in [-0.25, -0.2) is 0 Å². The third-order valence-corrected chi connectivity index (χ3v) is 10.1. The first-order valence-electron chi connectivity index (χ1n) is 15.4. The lowest BCUT2D eigenvalue weighted by Crippen LogP contribution is -2.60. The van der Waals surface area contributed by atoms with Crippen LogP contribution < -0.4 is 0 Å². The normalized spacial score (nSPS) is 28.9. The van der Waals surface area contributed by atoms with E-state index in [0.29, 0.717) is 18.2 Å². The highest BCUT2D eigenvalue weighted by Crippen LogP contribution is 2.52. The van der Waals surface area contributed by atoms with Gasteiger partial charge in [0.1, 0.15) is 5.41 Å². The number of hydrogen-bond acceptors (Lipinski definition) is 5. The molecule has 4 atom stereocenters. The smallest absolute Gasteiger partial charge is 0.320 e. The van der Waals surface area contributed by atoms with Crippen molar-refractivity contribution in [3.05, 3.63) is 59.8 Å². The first-order valence-corrected chi connectivity index (χ1v) is 15.4. The van der Waals surface area contributed by atoms with Crippen LogP contribution in [0.4, 0.5) is 0 Å². The van der Waals surface area contributed by atoms with E-state index in [2.05, 4.69) is 30.3 Å². The average Bonchev–Trinajstić information content (AvgIpc) is 3.55. The lowest BCUT2D eigenvalue weighted by Gasteiger charge is -2.52. The largest absolute Gasteiger partial charge is 0.468 e. The maximum absolute atomic E-state index is 14.4. The van der Waals surface area contributed by atoms with Crippen molar-refractivity contribution in [2.75, 3.05) is 20.2 Å². The van der Waals surface area contributed by atoms with Gasteiger partial charge < -0.3 is 19.3 Å². The van der Waals surface area contributed by atoms with Crippen molar-refractivity contribution in [2.24, 2.45) is 17.3 Å². The lowest BCUT2D eigenvalue weighted by molar-refractivity contribution is -0.178. The van der Waals surface area contributed by atoms with Gasteiger partial charge in [0, 0.05) is 31.1 Å². The van der Waals surface area contributed by atoms with Gasteiger partial charge in [-0.3, -0.25) is 14.4 Å². The second-order valence-corrected chi connectivity index (χ2v) is 12.4. The molecule has 2 aromatic rings. The van der Waals surface area contributed by atoms with E-state index < -0.39 is 23.4 Å². The quantitative estimate of drug-likeness (QED) is 0.431. The van der Waals surface area contributed by atoms with Crippen molar-refractivity contribution in [3.8, 4) is 0 Å². The van der Waals surface area contributed by atoms with Gasteiger partial charge in [-0.2, -0.15) is 0 Å². The van der Waals surface area contributed by atoms with Crippen LogP contribution in [-0.4, -0.2) is 60.0 Å². The molecule has 3 fully saturated rings. The Morgan fingerprint density at radius 2 is 1.73 bits per heavy atom. The Bertz CT molecular complexity index is 1340. The number of hydrogen-bond donors (Lipinski definition) is 0. The summed E-state index contributed by atoms with van der Waals surface area (Å²) in [7, 11) is 1.41. The summed E-state index contributed by atoms with van der Waals surface area (Å²) in [5.74, 6) is -0.757. The highest BCUT2D eigenvalue weighted by Gasteiger charge is 2.60. The van der Waals surface area contributed by atoms with Crippen molar-refractivity contribution < 1.29 is 23.9 Å². The molecule has 0 spiro atoms. The standard InChI is InChI=1S/C34H42N2O5/c1-23-34(33(39)40-2)21-27(19-31(37)35-17-8-3-9-18-35)32(38)36(30(34)20-29(41-23)25-12-4-5-13-25)22-26-15-10-14-24-11-6-7-16-28(24)26/h6-7,10-11,14-16,20,23,25,27,29H,3-5,8-9,12-13,17-19,21-22H2,1-2H3/t23-,27+,29-,34+/m1/s1. The molecule has 0 aromatic heterocycles. The van der Waals surface area contributed by atoms with Gasteiger partial charge in [0.15, 0.2) is 0 Å². The number of methoxy groups -OCH3 is 1. The molecule has 7 heteroatoms. The van der Waals surface area contributed by atoms with E-state index >= 15 is 0 Å². The van der Waals surface area contributed by atoms with Crippen LogP contribution >= 0.6 is 0 Å². The molecule has 1 aliphatic carbocycles. The summed E-state index contributed by atoms with van der Waals surface area (Å²) in [6.45, 7) is 3.73. The number of carbonyl (C=O) groups is 3. The Morgan fingerprint density at radius 1 is 1.00 bits per heavy atom. The zero-order valence-electron chi connectivity index (χ0n) is 24.3. The van der Waals surface area contributed by atoms with E-state index in [-0.39, 0.29) is 30.8 Å². The third kappa shape index (κ3) is 5.07. The fourth-order valence-electron chi connectivity index (χ4n) is 7.80. The molecule has 41 heavy (non-hydrogen) atoms. The Kier molecular flexibility index (Phi) is 7.90. The maximum Gasteiger partial charge on any atom is 0.320 e. The Balaban J connectivity index is 1.43. The van der Waals surface area contributed by atoms with Crippen LogP contribution in [-0.2, 0) is 30.4 Å². The van der Waals surface area contributed by atoms with Crippen molar-refractivity contribution >= 4 is 28.6 Å². The highest BCUT2D eigenvalue weighted by atomic mass is 16.5. The molecule has 3 aliphatic heterocycles. The maximum atomic E-state index is 14.4. The molecule has 0 radical (unpaired) electrons. The van der Waals surface area contributed by atoms with Crippen molar-refractivity contribution in [2.45, 2.75) is 83.5 Å². The number of ether oxygens (including phenoxy) is 2. The SMILES string of the molecule is COC(=O)[C@]12C[C@H](CC(=O)N3CCCCC3)C(=O)N(Cc3cccc4ccccc34)C1=C[C@H](C1CCCC1)O[C@@H]2C. The first kappa shape index (κ1) is 28.0. The minimum absolute atomic E-state index is 0.00572. The molecule has 6 rings (SSSR count). The number of nitrogens with zero attached hydrogens (tertiary/aromatic N) is 2. The van der Waals surface area contributed by atoms with Crippen LogP contribution in [0.25, 0.3) is 10.8 Å². The van der Waals surface area contributed by atoms with Gasteiger partial charge in [-0.1, -0.05) is 55.3 Å². The van der Waals surface area contributed by atoms with Crippen LogP contribution in [0, 0.1) is 17.3 Å². The first-order chi connectivity index (χ1) is 19.9. The molecule has 2 aromatic carbocycles. The molecular weight excluding hydrogens is 516 g/mol. The highest BCUT2D eigenvalue weighted by molar-refractivity contribution is 5.93. The average molecular weight is 559 g/mol. The predicted octanol–water partition coefficient (Wildman–Crippen LogP) is 5.61. The second-order valence-electron chi connectivity index (χ2n) is 12.4. The minimum atomic E-state index is -1.16. The molecule has 0 unspecified atom stereocenters. The van der Waals surface area contributed by atoms with Gasteiger partial charge in [-0.15, -0.1) is 0 Å². The van der Waals surface area contributed by atoms with E-state index in [1.54, 1.807) is 4.90 Å². The van der Waals surface area contributed by atoms with Crippen LogP contribution in [0.2, 0.25) is 0 Å². The number of amides is 2. The monoisotopic (exact) mass is 558 g/mol. The van der Waals surface area contributed by atoms with E-state index in [1.807, 2.05) is 30.0 Å². The fraction of sp³-hybridized carbons (Fsp3) is 0.559. The van der Waals surface area contributed by atoms with Gasteiger partial charge in [0.2, 0.25) is 11.8 Å². The summed E-state index contributed by atoms with van der Waals surface area (Å²) in [6, 6.07) is 14.3. The predicted molar refractivity (Wildman–Crippen MR) is 156 cm³/mol. The van der Waals surface area contributed by atoms with Crippen LogP contribution in [0.15, 0.2) is 54.2 Å². The summed E-state index contributed by atoms with van der Waals surface area (Å²) < 4.78 is 12.1. The molecule has 218 valence electrons. The molecular formula is C34H42N2O5. The molecule has 0 N–H and O–H groups in total. The van der Waals surface area contributed by atoms with E-state index in [9.17, 15) is 14.4 Å². The van der Waals surface area contributed by atoms with Crippen molar-refractivity contribution in [1.82, 2.24) is 9.80 Å². The topological polar surface area (TPSA) is 76.2 Å². The number of esters is 1.